The number of hydrogen-bond acceptors (Lipinski definition) is 6. The Hall–Kier alpha value is -3.13. The lowest BCUT2D eigenvalue weighted by molar-refractivity contribution is 0.0972. The Morgan fingerprint density at radius 2 is 1.69 bits per heavy atom. The Labute approximate surface area is 166 Å². The van der Waals surface area contributed by atoms with Crippen LogP contribution in [0, 0.1) is 11.6 Å². The maximum Gasteiger partial charge on any atom is 0.211 e. The van der Waals surface area contributed by atoms with E-state index in [1.807, 2.05) is 11.9 Å². The number of pyridine rings is 1. The predicted molar refractivity (Wildman–Crippen MR) is 105 cm³/mol. The average molecular weight is 398 g/mol. The number of ketones is 2. The Morgan fingerprint density at radius 3 is 2.34 bits per heavy atom. The minimum absolute atomic E-state index is 0.0481. The molecular formula is C21H20F2N4O2. The first-order chi connectivity index (χ1) is 13.9. The van der Waals surface area contributed by atoms with Crippen LogP contribution in [0.4, 0.5) is 20.2 Å². The lowest BCUT2D eigenvalue weighted by atomic mass is 9.91. The number of Topliss-reactive ketones (excluding diaryl/α,β-unsaturated/α-hetero) is 2. The summed E-state index contributed by atoms with van der Waals surface area (Å²) in [6.45, 7) is 4.39. The molecule has 1 aliphatic carbocycles. The number of hydrogen-bond donors (Lipinski definition) is 1. The van der Waals surface area contributed by atoms with Crippen LogP contribution in [0.15, 0.2) is 41.7 Å². The number of piperazine rings is 1. The van der Waals surface area contributed by atoms with Gasteiger partial charge in [-0.1, -0.05) is 0 Å². The van der Waals surface area contributed by atoms with Crippen LogP contribution in [0.3, 0.4) is 0 Å². The molecule has 2 aliphatic rings. The molecule has 0 unspecified atom stereocenters. The molecule has 4 rings (SSSR count). The van der Waals surface area contributed by atoms with Crippen molar-refractivity contribution in [2.24, 2.45) is 0 Å². The number of fused-ring (bicyclic) bond motifs is 1. The fraction of sp³-hybridized carbons (Fsp3) is 0.286. The van der Waals surface area contributed by atoms with E-state index in [2.05, 4.69) is 15.2 Å². The smallest absolute Gasteiger partial charge is 0.211 e. The van der Waals surface area contributed by atoms with Gasteiger partial charge in [-0.25, -0.2) is 8.78 Å². The summed E-state index contributed by atoms with van der Waals surface area (Å²) in [5, 5.41) is 2.53. The van der Waals surface area contributed by atoms with Crippen molar-refractivity contribution in [3.05, 3.63) is 64.6 Å². The third kappa shape index (κ3) is 3.40. The van der Waals surface area contributed by atoms with Crippen LogP contribution in [-0.2, 0) is 0 Å². The Bertz CT molecular complexity index is 1020. The van der Waals surface area contributed by atoms with Crippen LogP contribution >= 0.6 is 0 Å². The number of rotatable bonds is 3. The molecule has 0 bridgehead atoms. The highest BCUT2D eigenvalue weighted by molar-refractivity contribution is 6.26. The molecule has 1 fully saturated rings. The third-order valence-corrected chi connectivity index (χ3v) is 5.36. The molecule has 0 radical (unpaired) electrons. The Balaban J connectivity index is 1.65. The van der Waals surface area contributed by atoms with E-state index in [-0.39, 0.29) is 22.5 Å². The maximum atomic E-state index is 14.8. The molecular weight excluding hydrogens is 378 g/mol. The van der Waals surface area contributed by atoms with E-state index in [0.29, 0.717) is 18.8 Å². The van der Waals surface area contributed by atoms with Gasteiger partial charge in [-0.05, 0) is 38.2 Å². The Morgan fingerprint density at radius 1 is 1.03 bits per heavy atom. The topological polar surface area (TPSA) is 65.5 Å². The van der Waals surface area contributed by atoms with E-state index in [1.165, 1.54) is 37.4 Å². The number of halogens is 2. The monoisotopic (exact) mass is 398 g/mol. The highest BCUT2D eigenvalue weighted by atomic mass is 19.1. The summed E-state index contributed by atoms with van der Waals surface area (Å²) < 4.78 is 29.5. The summed E-state index contributed by atoms with van der Waals surface area (Å²) in [6.07, 6.45) is 1.42. The molecule has 1 aliphatic heterocycles. The molecule has 0 amide bonds. The second-order valence-electron chi connectivity index (χ2n) is 7.26. The third-order valence-electron chi connectivity index (χ3n) is 5.36. The van der Waals surface area contributed by atoms with E-state index in [0.717, 1.165) is 13.1 Å². The van der Waals surface area contributed by atoms with Gasteiger partial charge in [0.15, 0.2) is 11.6 Å². The highest BCUT2D eigenvalue weighted by Crippen LogP contribution is 2.31. The van der Waals surface area contributed by atoms with Crippen LogP contribution in [0.25, 0.3) is 0 Å². The summed E-state index contributed by atoms with van der Waals surface area (Å²) in [6, 6.07) is 5.50. The summed E-state index contributed by atoms with van der Waals surface area (Å²) in [5.74, 6) is -2.61. The fourth-order valence-corrected chi connectivity index (χ4v) is 3.57. The van der Waals surface area contributed by atoms with Crippen molar-refractivity contribution >= 4 is 22.9 Å². The maximum absolute atomic E-state index is 14.8. The van der Waals surface area contributed by atoms with Crippen molar-refractivity contribution in [3.8, 4) is 0 Å². The minimum atomic E-state index is -0.823. The van der Waals surface area contributed by atoms with Gasteiger partial charge >= 0.3 is 0 Å². The first kappa shape index (κ1) is 19.2. The van der Waals surface area contributed by atoms with Crippen LogP contribution in [-0.4, -0.2) is 54.7 Å². The molecule has 8 heteroatoms. The van der Waals surface area contributed by atoms with Gasteiger partial charge in [0, 0.05) is 43.6 Å². The van der Waals surface area contributed by atoms with E-state index in [4.69, 9.17) is 0 Å². The quantitative estimate of drug-likeness (QED) is 0.858. The van der Waals surface area contributed by atoms with Gasteiger partial charge in [-0.15, -0.1) is 0 Å². The normalized spacial score (nSPS) is 17.6. The molecule has 2 heterocycles. The van der Waals surface area contributed by atoms with Gasteiger partial charge in [0.1, 0.15) is 11.4 Å². The largest absolute Gasteiger partial charge is 0.369 e. The van der Waals surface area contributed by atoms with Gasteiger partial charge in [-0.2, -0.15) is 0 Å². The SMILES string of the molecule is CC1=C(Nc2c(F)cc(N3CCN(C)CC3)cc2F)C(=O)c2cccnc2C1=O. The first-order valence-electron chi connectivity index (χ1n) is 9.31. The molecule has 29 heavy (non-hydrogen) atoms. The molecule has 1 aromatic carbocycles. The van der Waals surface area contributed by atoms with E-state index in [1.54, 1.807) is 0 Å². The number of benzene rings is 1. The van der Waals surface area contributed by atoms with Crippen LogP contribution in [0.1, 0.15) is 27.8 Å². The number of carbonyl (C=O) groups excluding carboxylic acids is 2. The van der Waals surface area contributed by atoms with Crippen LogP contribution in [0.5, 0.6) is 0 Å². The zero-order valence-corrected chi connectivity index (χ0v) is 16.1. The Kier molecular flexibility index (Phi) is 4.87. The zero-order valence-electron chi connectivity index (χ0n) is 16.1. The van der Waals surface area contributed by atoms with E-state index >= 15 is 0 Å². The van der Waals surface area contributed by atoms with Crippen LogP contribution < -0.4 is 10.2 Å². The average Bonchev–Trinajstić information content (AvgIpc) is 2.71. The summed E-state index contributed by atoms with van der Waals surface area (Å²) in [5.41, 5.74) is 0.0897. The molecule has 0 atom stereocenters. The van der Waals surface area contributed by atoms with E-state index in [9.17, 15) is 18.4 Å². The molecule has 0 saturated carbocycles. The van der Waals surface area contributed by atoms with Crippen LogP contribution in [0.2, 0.25) is 0 Å². The molecule has 1 saturated heterocycles. The van der Waals surface area contributed by atoms with Crippen molar-refractivity contribution in [3.63, 3.8) is 0 Å². The van der Waals surface area contributed by atoms with Crippen molar-refractivity contribution in [1.82, 2.24) is 9.88 Å². The van der Waals surface area contributed by atoms with Gasteiger partial charge in [-0.3, -0.25) is 14.6 Å². The lowest BCUT2D eigenvalue weighted by Gasteiger charge is -2.34. The standard InChI is InChI=1S/C21H20F2N4O2/c1-12-17(21(29)14-4-3-5-24-18(14)20(12)28)25-19-15(22)10-13(11-16(19)23)27-8-6-26(2)7-9-27/h3-5,10-11,25H,6-9H2,1-2H3. The molecule has 1 N–H and O–H groups in total. The van der Waals surface area contributed by atoms with Gasteiger partial charge < -0.3 is 15.1 Å². The van der Waals surface area contributed by atoms with Crippen molar-refractivity contribution < 1.29 is 18.4 Å². The molecule has 2 aromatic rings. The number of allylic oxidation sites excluding steroid dienone is 2. The summed E-state index contributed by atoms with van der Waals surface area (Å²) in [4.78, 5) is 33.3. The number of carbonyl (C=O) groups is 2. The van der Waals surface area contributed by atoms with Crippen molar-refractivity contribution in [2.75, 3.05) is 43.4 Å². The number of nitrogens with one attached hydrogen (secondary N) is 1. The lowest BCUT2D eigenvalue weighted by Crippen LogP contribution is -2.44. The molecule has 150 valence electrons. The molecule has 6 nitrogen and oxygen atoms in total. The second-order valence-corrected chi connectivity index (χ2v) is 7.26. The molecule has 0 spiro atoms. The summed E-state index contributed by atoms with van der Waals surface area (Å²) in [7, 11) is 2.00. The van der Waals surface area contributed by atoms with Crippen molar-refractivity contribution in [1.29, 1.82) is 0 Å². The number of likely N-dealkylation sites (N-methyl/N-ethyl adjacent to an activating group) is 1. The van der Waals surface area contributed by atoms with Gasteiger partial charge in [0.25, 0.3) is 0 Å². The fourth-order valence-electron chi connectivity index (χ4n) is 3.57. The molecule has 1 aromatic heterocycles. The number of aromatic nitrogens is 1. The predicted octanol–water partition coefficient (Wildman–Crippen LogP) is 2.88. The van der Waals surface area contributed by atoms with Crippen molar-refractivity contribution in [2.45, 2.75) is 6.92 Å². The first-order valence-corrected chi connectivity index (χ1v) is 9.31. The highest BCUT2D eigenvalue weighted by Gasteiger charge is 2.32. The van der Waals surface area contributed by atoms with Gasteiger partial charge in [0.05, 0.1) is 11.3 Å². The zero-order chi connectivity index (χ0) is 20.7. The minimum Gasteiger partial charge on any atom is -0.369 e. The second kappa shape index (κ2) is 7.36. The van der Waals surface area contributed by atoms with Gasteiger partial charge in [0.2, 0.25) is 11.6 Å². The number of nitrogens with zero attached hydrogens (tertiary/aromatic N) is 3. The number of anilines is 2. The van der Waals surface area contributed by atoms with E-state index < -0.39 is 28.9 Å². The summed E-state index contributed by atoms with van der Waals surface area (Å²) >= 11 is 0.